The Morgan fingerprint density at radius 1 is 1.21 bits per heavy atom. The molecule has 0 radical (unpaired) electrons. The van der Waals surface area contributed by atoms with Crippen molar-refractivity contribution in [3.8, 4) is 0 Å². The van der Waals surface area contributed by atoms with Crippen LogP contribution in [-0.4, -0.2) is 42.5 Å². The van der Waals surface area contributed by atoms with Gasteiger partial charge in [-0.2, -0.15) is 0 Å². The van der Waals surface area contributed by atoms with Crippen molar-refractivity contribution in [1.82, 2.24) is 4.72 Å². The fourth-order valence-corrected chi connectivity index (χ4v) is 2.69. The SMILES string of the molecule is NC(CCC(=O)O)C(=O)O.O=C1NS(=O)(=O)c2ccccc21.[H-].[H-].[Na+].[Na+]. The van der Waals surface area contributed by atoms with E-state index in [-0.39, 0.29) is 85.3 Å². The first-order valence-electron chi connectivity index (χ1n) is 6.01. The van der Waals surface area contributed by atoms with Crippen LogP contribution >= 0.6 is 0 Å². The van der Waals surface area contributed by atoms with E-state index in [1.54, 1.807) is 12.1 Å². The molecular formula is C12H16N2Na2O7S. The van der Waals surface area contributed by atoms with Gasteiger partial charge in [-0.05, 0) is 18.6 Å². The Hall–Kier alpha value is -0.460. The van der Waals surface area contributed by atoms with Crippen molar-refractivity contribution in [2.24, 2.45) is 5.73 Å². The molecular weight excluding hydrogens is 362 g/mol. The average Bonchev–Trinajstić information content (AvgIpc) is 2.67. The number of rotatable bonds is 4. The van der Waals surface area contributed by atoms with Crippen LogP contribution in [0.5, 0.6) is 0 Å². The number of nitrogens with one attached hydrogen (secondary N) is 1. The summed E-state index contributed by atoms with van der Waals surface area (Å²) in [5, 5.41) is 16.3. The van der Waals surface area contributed by atoms with Crippen molar-refractivity contribution in [3.63, 3.8) is 0 Å². The van der Waals surface area contributed by atoms with Gasteiger partial charge in [0.15, 0.2) is 0 Å². The van der Waals surface area contributed by atoms with E-state index in [0.717, 1.165) is 0 Å². The number of hydrogen-bond donors (Lipinski definition) is 4. The van der Waals surface area contributed by atoms with Crippen LogP contribution in [0.2, 0.25) is 0 Å². The Kier molecular flexibility index (Phi) is 12.0. The second-order valence-corrected chi connectivity index (χ2v) is 5.96. The molecule has 12 heteroatoms. The second kappa shape index (κ2) is 11.2. The zero-order valence-electron chi connectivity index (χ0n) is 15.2. The van der Waals surface area contributed by atoms with E-state index in [1.807, 2.05) is 4.72 Å². The van der Waals surface area contributed by atoms with Gasteiger partial charge in [0.2, 0.25) is 0 Å². The third kappa shape index (κ3) is 7.62. The van der Waals surface area contributed by atoms with Gasteiger partial charge in [0.1, 0.15) is 10.9 Å². The van der Waals surface area contributed by atoms with Gasteiger partial charge in [0.05, 0.1) is 5.56 Å². The fraction of sp³-hybridized carbons (Fsp3) is 0.250. The molecule has 0 spiro atoms. The van der Waals surface area contributed by atoms with E-state index in [9.17, 15) is 22.8 Å². The van der Waals surface area contributed by atoms with Gasteiger partial charge in [-0.25, -0.2) is 13.1 Å². The predicted molar refractivity (Wildman–Crippen MR) is 75.8 cm³/mol. The third-order valence-electron chi connectivity index (χ3n) is 2.63. The quantitative estimate of drug-likeness (QED) is 0.376. The summed E-state index contributed by atoms with van der Waals surface area (Å²) in [4.78, 5) is 30.9. The van der Waals surface area contributed by atoms with Crippen LogP contribution in [0.3, 0.4) is 0 Å². The van der Waals surface area contributed by atoms with Crippen LogP contribution in [0.1, 0.15) is 26.1 Å². The van der Waals surface area contributed by atoms with Gasteiger partial charge in [-0.3, -0.25) is 14.4 Å². The number of carboxylic acid groups (broad SMARTS) is 2. The molecule has 2 rings (SSSR count). The monoisotopic (exact) mass is 378 g/mol. The maximum Gasteiger partial charge on any atom is 1.00 e. The number of amides is 1. The van der Waals surface area contributed by atoms with Gasteiger partial charge in [0.25, 0.3) is 15.9 Å². The maximum absolute atomic E-state index is 11.1. The molecule has 9 nitrogen and oxygen atoms in total. The van der Waals surface area contributed by atoms with Crippen LogP contribution in [0.4, 0.5) is 0 Å². The predicted octanol–water partition coefficient (Wildman–Crippen LogP) is -6.39. The first kappa shape index (κ1) is 25.8. The number of fused-ring (bicyclic) bond motifs is 1. The Morgan fingerprint density at radius 3 is 2.21 bits per heavy atom. The van der Waals surface area contributed by atoms with Crippen LogP contribution in [0.15, 0.2) is 29.2 Å². The molecule has 0 saturated carbocycles. The fourth-order valence-electron chi connectivity index (χ4n) is 1.52. The minimum atomic E-state index is -3.55. The first-order chi connectivity index (χ1) is 10.1. The molecule has 0 saturated heterocycles. The molecule has 1 heterocycles. The number of nitrogens with two attached hydrogens (primary N) is 1. The summed E-state index contributed by atoms with van der Waals surface area (Å²) in [5.74, 6) is -2.75. The molecule has 5 N–H and O–H groups in total. The van der Waals surface area contributed by atoms with Crippen molar-refractivity contribution in [3.05, 3.63) is 29.8 Å². The van der Waals surface area contributed by atoms with E-state index in [4.69, 9.17) is 15.9 Å². The molecule has 0 aromatic heterocycles. The van der Waals surface area contributed by atoms with Crippen molar-refractivity contribution >= 4 is 27.9 Å². The molecule has 0 bridgehead atoms. The Morgan fingerprint density at radius 2 is 1.75 bits per heavy atom. The van der Waals surface area contributed by atoms with E-state index >= 15 is 0 Å². The average molecular weight is 378 g/mol. The summed E-state index contributed by atoms with van der Waals surface area (Å²) >= 11 is 0. The summed E-state index contributed by atoms with van der Waals surface area (Å²) in [6, 6.07) is 5.03. The van der Waals surface area contributed by atoms with E-state index in [1.165, 1.54) is 12.1 Å². The number of aliphatic carboxylic acids is 2. The molecule has 1 aliphatic rings. The Labute approximate surface area is 185 Å². The van der Waals surface area contributed by atoms with Crippen molar-refractivity contribution in [2.45, 2.75) is 23.8 Å². The van der Waals surface area contributed by atoms with Gasteiger partial charge >= 0.3 is 71.1 Å². The van der Waals surface area contributed by atoms with E-state index < -0.39 is 33.9 Å². The zero-order valence-corrected chi connectivity index (χ0v) is 18.0. The standard InChI is InChI=1S/C7H5NO3S.C5H9NO4.2Na.2H/c9-7-5-3-1-2-4-6(5)12(10,11)8-7;6-3(5(9)10)1-2-4(7)8;;;;/h1-4H,(H,8,9);3H,1-2,6H2,(H,7,8)(H,9,10);;;;/q;;2*+1;2*-1. The van der Waals surface area contributed by atoms with Crippen molar-refractivity contribution < 1.29 is 95.0 Å². The number of carbonyl (C=O) groups is 3. The molecule has 1 aliphatic heterocycles. The summed E-state index contributed by atoms with van der Waals surface area (Å²) in [5.41, 5.74) is 5.22. The summed E-state index contributed by atoms with van der Waals surface area (Å²) in [6.07, 6.45) is -0.224. The summed E-state index contributed by atoms with van der Waals surface area (Å²) < 4.78 is 24.2. The number of sulfonamides is 1. The molecule has 1 aromatic rings. The largest absolute Gasteiger partial charge is 1.00 e. The van der Waals surface area contributed by atoms with E-state index in [2.05, 4.69) is 0 Å². The maximum atomic E-state index is 11.1. The zero-order chi connectivity index (χ0) is 16.9. The number of hydrogen-bond acceptors (Lipinski definition) is 6. The number of carboxylic acids is 2. The molecule has 1 unspecified atom stereocenters. The minimum absolute atomic E-state index is 0. The molecule has 1 aromatic carbocycles. The van der Waals surface area contributed by atoms with Gasteiger partial charge in [-0.1, -0.05) is 12.1 Å². The van der Waals surface area contributed by atoms with Crippen LogP contribution < -0.4 is 69.6 Å². The van der Waals surface area contributed by atoms with Crippen LogP contribution in [0.25, 0.3) is 0 Å². The number of benzene rings is 1. The first-order valence-corrected chi connectivity index (χ1v) is 7.50. The minimum Gasteiger partial charge on any atom is -1.00 e. The smallest absolute Gasteiger partial charge is 1.00 e. The molecule has 1 atom stereocenters. The topological polar surface area (TPSA) is 164 Å². The molecule has 1 amide bonds. The molecule has 124 valence electrons. The molecule has 0 fully saturated rings. The Balaban J connectivity index is -0.000000164. The van der Waals surface area contributed by atoms with Crippen molar-refractivity contribution in [2.75, 3.05) is 0 Å². The van der Waals surface area contributed by atoms with Gasteiger partial charge in [-0.15, -0.1) is 0 Å². The van der Waals surface area contributed by atoms with Crippen LogP contribution in [-0.2, 0) is 19.6 Å². The van der Waals surface area contributed by atoms with Crippen LogP contribution in [0, 0.1) is 0 Å². The molecule has 0 aliphatic carbocycles. The molecule has 24 heavy (non-hydrogen) atoms. The summed E-state index contributed by atoms with van der Waals surface area (Å²) in [6.45, 7) is 0. The van der Waals surface area contributed by atoms with Gasteiger partial charge < -0.3 is 18.8 Å². The van der Waals surface area contributed by atoms with E-state index in [0.29, 0.717) is 0 Å². The number of carbonyl (C=O) groups excluding carboxylic acids is 1. The summed E-state index contributed by atoms with van der Waals surface area (Å²) in [7, 11) is -3.55. The van der Waals surface area contributed by atoms with Gasteiger partial charge in [0, 0.05) is 6.42 Å². The second-order valence-electron chi connectivity index (χ2n) is 4.31. The van der Waals surface area contributed by atoms with Crippen molar-refractivity contribution in [1.29, 1.82) is 0 Å². The third-order valence-corrected chi connectivity index (χ3v) is 4.02. The normalized spacial score (nSPS) is 14.5. The Bertz CT molecular complexity index is 719.